The van der Waals surface area contributed by atoms with Crippen LogP contribution in [0.4, 0.5) is 13.2 Å². The van der Waals surface area contributed by atoms with Crippen molar-refractivity contribution < 1.29 is 22.8 Å². The molecule has 3 N–H and O–H groups in total. The Bertz CT molecular complexity index is 377. The number of halogens is 3. The molecule has 0 aliphatic carbocycles. The van der Waals surface area contributed by atoms with Gasteiger partial charge in [-0.1, -0.05) is 0 Å². The van der Waals surface area contributed by atoms with Gasteiger partial charge in [0.1, 0.15) is 6.04 Å². The second-order valence-electron chi connectivity index (χ2n) is 5.67. The van der Waals surface area contributed by atoms with Crippen LogP contribution in [-0.4, -0.2) is 42.7 Å². The molecule has 0 bridgehead atoms. The highest BCUT2D eigenvalue weighted by atomic mass is 19.4. The normalized spacial score (nSPS) is 24.5. The number of carbonyl (C=O) groups is 2. The Morgan fingerprint density at radius 3 is 2.19 bits per heavy atom. The van der Waals surface area contributed by atoms with Gasteiger partial charge in [0.05, 0.1) is 12.0 Å². The average molecular weight is 309 g/mol. The number of alkyl halides is 3. The zero-order chi connectivity index (χ0) is 16.2. The van der Waals surface area contributed by atoms with Gasteiger partial charge in [0.2, 0.25) is 11.8 Å². The van der Waals surface area contributed by atoms with Gasteiger partial charge in [0.15, 0.2) is 0 Å². The lowest BCUT2D eigenvalue weighted by Crippen LogP contribution is -2.55. The monoisotopic (exact) mass is 309 g/mol. The summed E-state index contributed by atoms with van der Waals surface area (Å²) in [5.74, 6) is -2.17. The first-order valence-corrected chi connectivity index (χ1v) is 7.02. The van der Waals surface area contributed by atoms with E-state index >= 15 is 0 Å². The third-order valence-electron chi connectivity index (χ3n) is 3.38. The van der Waals surface area contributed by atoms with E-state index in [1.54, 1.807) is 13.8 Å². The van der Waals surface area contributed by atoms with Gasteiger partial charge >= 0.3 is 6.18 Å². The second-order valence-corrected chi connectivity index (χ2v) is 5.67. The quantitative estimate of drug-likeness (QED) is 0.724. The summed E-state index contributed by atoms with van der Waals surface area (Å²) >= 11 is 0. The molecule has 1 aliphatic rings. The summed E-state index contributed by atoms with van der Waals surface area (Å²) in [5, 5.41) is 7.77. The largest absolute Gasteiger partial charge is 0.393 e. The number of rotatable bonds is 4. The Morgan fingerprint density at radius 1 is 1.14 bits per heavy atom. The molecule has 3 unspecified atom stereocenters. The minimum absolute atomic E-state index is 0.0443. The number of carbonyl (C=O) groups excluding carboxylic acids is 2. The molecule has 5 nitrogen and oxygen atoms in total. The topological polar surface area (TPSA) is 70.2 Å². The smallest absolute Gasteiger partial charge is 0.352 e. The molecule has 0 aromatic carbocycles. The molecule has 122 valence electrons. The van der Waals surface area contributed by atoms with Crippen molar-refractivity contribution in [2.24, 2.45) is 5.92 Å². The highest BCUT2D eigenvalue weighted by Crippen LogP contribution is 2.31. The van der Waals surface area contributed by atoms with Crippen molar-refractivity contribution in [3.05, 3.63) is 0 Å². The minimum Gasteiger partial charge on any atom is -0.352 e. The third-order valence-corrected chi connectivity index (χ3v) is 3.38. The van der Waals surface area contributed by atoms with Gasteiger partial charge in [-0.3, -0.25) is 9.59 Å². The van der Waals surface area contributed by atoms with Crippen LogP contribution in [0, 0.1) is 5.92 Å². The molecule has 1 aliphatic heterocycles. The molecule has 21 heavy (non-hydrogen) atoms. The number of amides is 2. The van der Waals surface area contributed by atoms with Gasteiger partial charge in [-0.2, -0.15) is 13.2 Å². The lowest BCUT2D eigenvalue weighted by molar-refractivity contribution is -0.180. The molecule has 3 atom stereocenters. The number of nitrogens with one attached hydrogen (secondary N) is 3. The van der Waals surface area contributed by atoms with Gasteiger partial charge in [-0.25, -0.2) is 0 Å². The number of piperidine rings is 1. The second kappa shape index (κ2) is 7.11. The zero-order valence-corrected chi connectivity index (χ0v) is 12.4. The molecule has 0 aromatic rings. The van der Waals surface area contributed by atoms with Crippen LogP contribution < -0.4 is 16.0 Å². The maximum absolute atomic E-state index is 12.5. The van der Waals surface area contributed by atoms with E-state index in [1.807, 2.05) is 0 Å². The summed E-state index contributed by atoms with van der Waals surface area (Å²) in [4.78, 5) is 23.6. The average Bonchev–Trinajstić information content (AvgIpc) is 2.36. The molecule has 8 heteroatoms. The molecule has 0 saturated carbocycles. The fourth-order valence-corrected chi connectivity index (χ4v) is 2.15. The van der Waals surface area contributed by atoms with Crippen LogP contribution in [0.3, 0.4) is 0 Å². The van der Waals surface area contributed by atoms with Gasteiger partial charge in [-0.15, -0.1) is 0 Å². The predicted octanol–water partition coefficient (Wildman–Crippen LogP) is 0.946. The maximum atomic E-state index is 12.5. The maximum Gasteiger partial charge on any atom is 0.393 e. The first-order chi connectivity index (χ1) is 9.61. The number of hydrogen-bond donors (Lipinski definition) is 3. The Morgan fingerprint density at radius 2 is 1.76 bits per heavy atom. The Kier molecular flexibility index (Phi) is 6.00. The third kappa shape index (κ3) is 5.53. The van der Waals surface area contributed by atoms with E-state index in [-0.39, 0.29) is 31.3 Å². The van der Waals surface area contributed by atoms with E-state index in [9.17, 15) is 22.8 Å². The molecule has 1 rings (SSSR count). The molecule has 1 saturated heterocycles. The van der Waals surface area contributed by atoms with E-state index in [1.165, 1.54) is 6.92 Å². The lowest BCUT2D eigenvalue weighted by Gasteiger charge is -2.31. The van der Waals surface area contributed by atoms with Crippen LogP contribution in [0.25, 0.3) is 0 Å². The van der Waals surface area contributed by atoms with Gasteiger partial charge in [-0.05, 0) is 33.6 Å². The zero-order valence-electron chi connectivity index (χ0n) is 12.4. The molecule has 1 fully saturated rings. The summed E-state index contributed by atoms with van der Waals surface area (Å²) in [6.45, 7) is 4.87. The fourth-order valence-electron chi connectivity index (χ4n) is 2.15. The molecule has 0 radical (unpaired) electrons. The molecular formula is C13H22F3N3O2. The van der Waals surface area contributed by atoms with E-state index < -0.39 is 30.1 Å². The van der Waals surface area contributed by atoms with Crippen molar-refractivity contribution in [2.45, 2.75) is 57.9 Å². The van der Waals surface area contributed by atoms with Crippen LogP contribution >= 0.6 is 0 Å². The first-order valence-electron chi connectivity index (χ1n) is 7.02. The molecule has 0 spiro atoms. The lowest BCUT2D eigenvalue weighted by atomic mass is 9.94. The van der Waals surface area contributed by atoms with Crippen LogP contribution in [0.5, 0.6) is 0 Å². The van der Waals surface area contributed by atoms with E-state index in [0.717, 1.165) is 0 Å². The SMILES string of the molecule is CC(C)NC(=O)C(C)NC(=O)C1CCC(C(F)(F)F)CN1. The highest BCUT2D eigenvalue weighted by Gasteiger charge is 2.42. The molecule has 0 aromatic heterocycles. The van der Waals surface area contributed by atoms with Gasteiger partial charge in [0.25, 0.3) is 0 Å². The Hall–Kier alpha value is -1.31. The standard InChI is InChI=1S/C13H22F3N3O2/c1-7(2)18-11(20)8(3)19-12(21)10-5-4-9(6-17-10)13(14,15)16/h7-10,17H,4-6H2,1-3H3,(H,18,20)(H,19,21). The van der Waals surface area contributed by atoms with E-state index in [4.69, 9.17) is 0 Å². The van der Waals surface area contributed by atoms with E-state index in [2.05, 4.69) is 16.0 Å². The van der Waals surface area contributed by atoms with Crippen molar-refractivity contribution in [1.29, 1.82) is 0 Å². The summed E-state index contributed by atoms with van der Waals surface area (Å²) in [5.41, 5.74) is 0. The van der Waals surface area contributed by atoms with Crippen molar-refractivity contribution in [1.82, 2.24) is 16.0 Å². The summed E-state index contributed by atoms with van der Waals surface area (Å²) < 4.78 is 37.5. The van der Waals surface area contributed by atoms with Gasteiger partial charge in [0, 0.05) is 12.6 Å². The van der Waals surface area contributed by atoms with Crippen molar-refractivity contribution in [3.8, 4) is 0 Å². The van der Waals surface area contributed by atoms with E-state index in [0.29, 0.717) is 0 Å². The molecule has 2 amide bonds. The minimum atomic E-state index is -4.24. The predicted molar refractivity (Wildman–Crippen MR) is 71.5 cm³/mol. The highest BCUT2D eigenvalue weighted by molar-refractivity contribution is 5.89. The summed E-state index contributed by atoms with van der Waals surface area (Å²) in [7, 11) is 0. The van der Waals surface area contributed by atoms with Crippen molar-refractivity contribution in [2.75, 3.05) is 6.54 Å². The van der Waals surface area contributed by atoms with Crippen LogP contribution in [-0.2, 0) is 9.59 Å². The van der Waals surface area contributed by atoms with Gasteiger partial charge < -0.3 is 16.0 Å². The van der Waals surface area contributed by atoms with Crippen LogP contribution in [0.2, 0.25) is 0 Å². The van der Waals surface area contributed by atoms with Crippen LogP contribution in [0.1, 0.15) is 33.6 Å². The van der Waals surface area contributed by atoms with Crippen molar-refractivity contribution in [3.63, 3.8) is 0 Å². The van der Waals surface area contributed by atoms with Crippen molar-refractivity contribution >= 4 is 11.8 Å². The first kappa shape index (κ1) is 17.7. The summed E-state index contributed by atoms with van der Waals surface area (Å²) in [6, 6.07) is -1.45. The molecule has 1 heterocycles. The molecular weight excluding hydrogens is 287 g/mol. The van der Waals surface area contributed by atoms with Crippen LogP contribution in [0.15, 0.2) is 0 Å². The fraction of sp³-hybridized carbons (Fsp3) is 0.846. The number of hydrogen-bond acceptors (Lipinski definition) is 3. The Balaban J connectivity index is 2.42. The summed E-state index contributed by atoms with van der Waals surface area (Å²) in [6.07, 6.45) is -4.21. The Labute approximate surface area is 122 Å².